The molecule has 0 bridgehead atoms. The van der Waals surface area contributed by atoms with Crippen LogP contribution in [0.5, 0.6) is 11.5 Å². The topological polar surface area (TPSA) is 30.5 Å². The molecule has 1 unspecified atom stereocenters. The monoisotopic (exact) mass is 261 g/mol. The first-order chi connectivity index (χ1) is 9.22. The molecule has 3 heteroatoms. The van der Waals surface area contributed by atoms with Crippen molar-refractivity contribution >= 4 is 6.08 Å². The van der Waals surface area contributed by atoms with Crippen LogP contribution in [0.15, 0.2) is 24.3 Å². The third kappa shape index (κ3) is 4.28. The summed E-state index contributed by atoms with van der Waals surface area (Å²) in [6.07, 6.45) is 6.80. The van der Waals surface area contributed by atoms with Crippen molar-refractivity contribution in [3.05, 3.63) is 29.8 Å². The highest BCUT2D eigenvalue weighted by Gasteiger charge is 2.21. The highest BCUT2D eigenvalue weighted by Crippen LogP contribution is 2.29. The zero-order valence-electron chi connectivity index (χ0n) is 12.0. The van der Waals surface area contributed by atoms with Crippen LogP contribution in [0, 0.1) is 0 Å². The van der Waals surface area contributed by atoms with Gasteiger partial charge in [-0.15, -0.1) is 0 Å². The Labute approximate surface area is 115 Å². The number of hydrogen-bond donors (Lipinski definition) is 1. The summed E-state index contributed by atoms with van der Waals surface area (Å²) in [5.41, 5.74) is 1.12. The Balaban J connectivity index is 1.97. The van der Waals surface area contributed by atoms with E-state index in [2.05, 4.69) is 12.2 Å². The summed E-state index contributed by atoms with van der Waals surface area (Å²) in [6, 6.07) is 6.72. The number of ether oxygens (including phenoxy) is 2. The van der Waals surface area contributed by atoms with Gasteiger partial charge < -0.3 is 14.8 Å². The molecule has 1 saturated carbocycles. The summed E-state index contributed by atoms with van der Waals surface area (Å²) in [5, 5.41) is 3.47. The first-order valence-corrected chi connectivity index (χ1v) is 6.93. The van der Waals surface area contributed by atoms with E-state index in [0.717, 1.165) is 23.6 Å². The van der Waals surface area contributed by atoms with Gasteiger partial charge in [0, 0.05) is 12.6 Å². The van der Waals surface area contributed by atoms with Crippen LogP contribution in [0.25, 0.3) is 6.08 Å². The Morgan fingerprint density at radius 3 is 2.79 bits per heavy atom. The van der Waals surface area contributed by atoms with Gasteiger partial charge in [0.25, 0.3) is 0 Å². The Morgan fingerprint density at radius 2 is 2.16 bits per heavy atom. The fourth-order valence-corrected chi connectivity index (χ4v) is 1.96. The predicted octanol–water partition coefficient (Wildman–Crippen LogP) is 3.25. The van der Waals surface area contributed by atoms with Crippen molar-refractivity contribution in [2.75, 3.05) is 13.7 Å². The first-order valence-electron chi connectivity index (χ1n) is 6.93. The fourth-order valence-electron chi connectivity index (χ4n) is 1.96. The summed E-state index contributed by atoms with van der Waals surface area (Å²) < 4.78 is 11.3. The van der Waals surface area contributed by atoms with Crippen molar-refractivity contribution < 1.29 is 9.47 Å². The lowest BCUT2D eigenvalue weighted by Crippen LogP contribution is -2.30. The highest BCUT2D eigenvalue weighted by atomic mass is 16.5. The second-order valence-corrected chi connectivity index (χ2v) is 5.02. The van der Waals surface area contributed by atoms with Crippen molar-refractivity contribution in [3.63, 3.8) is 0 Å². The molecule has 2 rings (SSSR count). The molecule has 0 radical (unpaired) electrons. The van der Waals surface area contributed by atoms with Crippen LogP contribution < -0.4 is 14.8 Å². The van der Waals surface area contributed by atoms with Gasteiger partial charge >= 0.3 is 0 Å². The SMILES string of the molecule is CC=Cc1ccc(OC(C)CNC2CC2)c(OC)c1. The number of allylic oxidation sites excluding steroid dienone is 1. The van der Waals surface area contributed by atoms with Crippen LogP contribution in [0.3, 0.4) is 0 Å². The summed E-state index contributed by atoms with van der Waals surface area (Å²) in [5.74, 6) is 1.59. The normalized spacial score (nSPS) is 16.6. The van der Waals surface area contributed by atoms with Crippen molar-refractivity contribution in [3.8, 4) is 11.5 Å². The number of benzene rings is 1. The molecule has 0 saturated heterocycles. The van der Waals surface area contributed by atoms with Gasteiger partial charge in [-0.2, -0.15) is 0 Å². The molecule has 1 N–H and O–H groups in total. The van der Waals surface area contributed by atoms with Crippen LogP contribution in [-0.2, 0) is 0 Å². The van der Waals surface area contributed by atoms with Crippen molar-refractivity contribution in [1.29, 1.82) is 0 Å². The minimum Gasteiger partial charge on any atom is -0.493 e. The van der Waals surface area contributed by atoms with E-state index >= 15 is 0 Å². The van der Waals surface area contributed by atoms with Gasteiger partial charge in [-0.05, 0) is 44.4 Å². The van der Waals surface area contributed by atoms with E-state index in [1.165, 1.54) is 12.8 Å². The molecule has 19 heavy (non-hydrogen) atoms. The summed E-state index contributed by atoms with van der Waals surface area (Å²) >= 11 is 0. The largest absolute Gasteiger partial charge is 0.493 e. The third-order valence-electron chi connectivity index (χ3n) is 3.15. The average molecular weight is 261 g/mol. The van der Waals surface area contributed by atoms with Gasteiger partial charge in [0.1, 0.15) is 6.10 Å². The summed E-state index contributed by atoms with van der Waals surface area (Å²) in [6.45, 7) is 4.96. The van der Waals surface area contributed by atoms with Gasteiger partial charge in [-0.3, -0.25) is 0 Å². The molecule has 0 amide bonds. The predicted molar refractivity (Wildman–Crippen MR) is 78.8 cm³/mol. The molecule has 1 aliphatic rings. The zero-order chi connectivity index (χ0) is 13.7. The minimum atomic E-state index is 0.141. The fraction of sp³-hybridized carbons (Fsp3) is 0.500. The van der Waals surface area contributed by atoms with Gasteiger partial charge in [0.2, 0.25) is 0 Å². The summed E-state index contributed by atoms with van der Waals surface area (Å²) in [7, 11) is 1.68. The van der Waals surface area contributed by atoms with E-state index < -0.39 is 0 Å². The maximum atomic E-state index is 5.94. The third-order valence-corrected chi connectivity index (χ3v) is 3.15. The van der Waals surface area contributed by atoms with Gasteiger partial charge in [0.05, 0.1) is 7.11 Å². The van der Waals surface area contributed by atoms with Gasteiger partial charge in [-0.1, -0.05) is 18.2 Å². The maximum Gasteiger partial charge on any atom is 0.161 e. The standard InChI is InChI=1S/C16H23NO2/c1-4-5-13-6-9-15(16(10-13)18-3)19-12(2)11-17-14-7-8-14/h4-6,9-10,12,14,17H,7-8,11H2,1-3H3. The van der Waals surface area contributed by atoms with Crippen LogP contribution in [-0.4, -0.2) is 25.8 Å². The number of rotatable bonds is 7. The Morgan fingerprint density at radius 1 is 1.37 bits per heavy atom. The van der Waals surface area contributed by atoms with Crippen molar-refractivity contribution in [2.24, 2.45) is 0 Å². The minimum absolute atomic E-state index is 0.141. The van der Waals surface area contributed by atoms with E-state index in [0.29, 0.717) is 6.04 Å². The molecule has 3 nitrogen and oxygen atoms in total. The Kier molecular flexibility index (Phi) is 4.86. The molecule has 1 aliphatic carbocycles. The van der Waals surface area contributed by atoms with Crippen LogP contribution in [0.4, 0.5) is 0 Å². The molecule has 0 aliphatic heterocycles. The summed E-state index contributed by atoms with van der Waals surface area (Å²) in [4.78, 5) is 0. The zero-order valence-corrected chi connectivity index (χ0v) is 12.0. The smallest absolute Gasteiger partial charge is 0.161 e. The highest BCUT2D eigenvalue weighted by molar-refractivity contribution is 5.55. The Bertz CT molecular complexity index is 438. The maximum absolute atomic E-state index is 5.94. The average Bonchev–Trinajstić information content (AvgIpc) is 3.22. The molecule has 104 valence electrons. The molecule has 0 spiro atoms. The van der Waals surface area contributed by atoms with Crippen molar-refractivity contribution in [2.45, 2.75) is 38.8 Å². The lowest BCUT2D eigenvalue weighted by atomic mass is 10.2. The van der Waals surface area contributed by atoms with E-state index in [9.17, 15) is 0 Å². The van der Waals surface area contributed by atoms with E-state index in [1.807, 2.05) is 37.3 Å². The van der Waals surface area contributed by atoms with Crippen molar-refractivity contribution in [1.82, 2.24) is 5.32 Å². The second-order valence-electron chi connectivity index (χ2n) is 5.02. The van der Waals surface area contributed by atoms with E-state index in [-0.39, 0.29) is 6.10 Å². The molecule has 0 aromatic heterocycles. The lowest BCUT2D eigenvalue weighted by molar-refractivity contribution is 0.207. The molecule has 1 aromatic carbocycles. The number of methoxy groups -OCH3 is 1. The van der Waals surface area contributed by atoms with Gasteiger partial charge in [0.15, 0.2) is 11.5 Å². The second kappa shape index (κ2) is 6.62. The molecule has 0 heterocycles. The molecule has 1 atom stereocenters. The molecular weight excluding hydrogens is 238 g/mol. The van der Waals surface area contributed by atoms with E-state index in [1.54, 1.807) is 7.11 Å². The van der Waals surface area contributed by atoms with Gasteiger partial charge in [-0.25, -0.2) is 0 Å². The van der Waals surface area contributed by atoms with Crippen LogP contribution in [0.2, 0.25) is 0 Å². The number of hydrogen-bond acceptors (Lipinski definition) is 3. The molecule has 1 fully saturated rings. The van der Waals surface area contributed by atoms with Crippen LogP contribution >= 0.6 is 0 Å². The number of nitrogens with one attached hydrogen (secondary N) is 1. The van der Waals surface area contributed by atoms with Crippen LogP contribution in [0.1, 0.15) is 32.3 Å². The Hall–Kier alpha value is -1.48. The molecular formula is C16H23NO2. The van der Waals surface area contributed by atoms with E-state index in [4.69, 9.17) is 9.47 Å². The molecule has 1 aromatic rings. The first kappa shape index (κ1) is 13.9. The quantitative estimate of drug-likeness (QED) is 0.817. The lowest BCUT2D eigenvalue weighted by Gasteiger charge is -2.17.